The Bertz CT molecular complexity index is 350. The monoisotopic (exact) mass is 224 g/mol. The first kappa shape index (κ1) is 12.7. The van der Waals surface area contributed by atoms with Crippen LogP contribution in [0.2, 0.25) is 0 Å². The number of ether oxygens (including phenoxy) is 1. The Morgan fingerprint density at radius 3 is 2.88 bits per heavy atom. The molecular formula is C13H17FO2. The number of hydrogen-bond acceptors (Lipinski definition) is 2. The van der Waals surface area contributed by atoms with Gasteiger partial charge in [-0.25, -0.2) is 4.39 Å². The van der Waals surface area contributed by atoms with Gasteiger partial charge in [0.2, 0.25) is 0 Å². The van der Waals surface area contributed by atoms with Gasteiger partial charge in [-0.05, 0) is 30.0 Å². The lowest BCUT2D eigenvalue weighted by Crippen LogP contribution is -2.09. The molecule has 1 atom stereocenters. The highest BCUT2D eigenvalue weighted by molar-refractivity contribution is 5.70. The zero-order valence-electron chi connectivity index (χ0n) is 9.70. The Balaban J connectivity index is 2.52. The largest absolute Gasteiger partial charge is 0.466 e. The molecule has 3 heteroatoms. The smallest absolute Gasteiger partial charge is 0.306 e. The molecule has 1 aromatic rings. The molecule has 0 radical (unpaired) electrons. The number of halogens is 1. The maximum Gasteiger partial charge on any atom is 0.306 e. The van der Waals surface area contributed by atoms with E-state index in [1.165, 1.54) is 12.1 Å². The molecule has 0 aromatic heterocycles. The van der Waals surface area contributed by atoms with Crippen LogP contribution < -0.4 is 0 Å². The van der Waals surface area contributed by atoms with E-state index in [0.717, 1.165) is 12.0 Å². The molecule has 1 aromatic carbocycles. The molecular weight excluding hydrogens is 207 g/mol. The van der Waals surface area contributed by atoms with Crippen molar-refractivity contribution < 1.29 is 13.9 Å². The topological polar surface area (TPSA) is 26.3 Å². The van der Waals surface area contributed by atoms with Crippen molar-refractivity contribution in [3.05, 3.63) is 35.6 Å². The molecule has 1 unspecified atom stereocenters. The fourth-order valence-electron chi connectivity index (χ4n) is 1.46. The van der Waals surface area contributed by atoms with E-state index in [2.05, 4.69) is 0 Å². The molecule has 0 heterocycles. The van der Waals surface area contributed by atoms with Crippen LogP contribution in [0.4, 0.5) is 4.39 Å². The number of esters is 1. The number of benzene rings is 1. The van der Waals surface area contributed by atoms with Gasteiger partial charge in [-0.2, -0.15) is 0 Å². The molecule has 0 saturated carbocycles. The molecule has 0 aliphatic carbocycles. The maximum atomic E-state index is 13.0. The Morgan fingerprint density at radius 1 is 1.50 bits per heavy atom. The zero-order valence-corrected chi connectivity index (χ0v) is 9.70. The van der Waals surface area contributed by atoms with Gasteiger partial charge in [0.1, 0.15) is 5.82 Å². The number of hydrogen-bond donors (Lipinski definition) is 0. The van der Waals surface area contributed by atoms with Crippen LogP contribution in [0.1, 0.15) is 38.2 Å². The van der Waals surface area contributed by atoms with Gasteiger partial charge in [0.15, 0.2) is 0 Å². The molecule has 0 aliphatic rings. The minimum absolute atomic E-state index is 0.0138. The molecule has 0 N–H and O–H groups in total. The van der Waals surface area contributed by atoms with Crippen molar-refractivity contribution in [2.45, 2.75) is 32.6 Å². The van der Waals surface area contributed by atoms with Gasteiger partial charge in [-0.3, -0.25) is 4.79 Å². The molecule has 0 amide bonds. The second-order valence-corrected chi connectivity index (χ2v) is 3.88. The molecule has 2 nitrogen and oxygen atoms in total. The third kappa shape index (κ3) is 4.01. The summed E-state index contributed by atoms with van der Waals surface area (Å²) in [7, 11) is 0. The van der Waals surface area contributed by atoms with Crippen molar-refractivity contribution >= 4 is 5.97 Å². The van der Waals surface area contributed by atoms with Crippen LogP contribution in [0.25, 0.3) is 0 Å². The van der Waals surface area contributed by atoms with E-state index in [4.69, 9.17) is 4.74 Å². The van der Waals surface area contributed by atoms with Crippen LogP contribution in [0.15, 0.2) is 24.3 Å². The van der Waals surface area contributed by atoms with Crippen LogP contribution in [-0.4, -0.2) is 12.6 Å². The average molecular weight is 224 g/mol. The van der Waals surface area contributed by atoms with Crippen molar-refractivity contribution in [2.24, 2.45) is 0 Å². The first-order chi connectivity index (χ1) is 7.63. The van der Waals surface area contributed by atoms with E-state index in [0.29, 0.717) is 13.0 Å². The van der Waals surface area contributed by atoms with Crippen LogP contribution in [-0.2, 0) is 9.53 Å². The van der Waals surface area contributed by atoms with E-state index in [-0.39, 0.29) is 17.7 Å². The molecule has 1 rings (SSSR count). The number of carbonyl (C=O) groups excluding carboxylic acids is 1. The van der Waals surface area contributed by atoms with Gasteiger partial charge in [-0.1, -0.05) is 26.0 Å². The number of rotatable bonds is 5. The Kier molecular flexibility index (Phi) is 4.96. The van der Waals surface area contributed by atoms with Crippen molar-refractivity contribution in [3.8, 4) is 0 Å². The highest BCUT2D eigenvalue weighted by Crippen LogP contribution is 2.20. The van der Waals surface area contributed by atoms with E-state index < -0.39 is 0 Å². The zero-order chi connectivity index (χ0) is 12.0. The summed E-state index contributed by atoms with van der Waals surface area (Å²) in [5.41, 5.74) is 0.827. The maximum absolute atomic E-state index is 13.0. The minimum Gasteiger partial charge on any atom is -0.466 e. The summed E-state index contributed by atoms with van der Waals surface area (Å²) >= 11 is 0. The van der Waals surface area contributed by atoms with E-state index in [1.807, 2.05) is 19.9 Å². The summed E-state index contributed by atoms with van der Waals surface area (Å²) in [5, 5.41) is 0. The van der Waals surface area contributed by atoms with Gasteiger partial charge in [0.25, 0.3) is 0 Å². The third-order valence-corrected chi connectivity index (χ3v) is 2.36. The Morgan fingerprint density at radius 2 is 2.25 bits per heavy atom. The summed E-state index contributed by atoms with van der Waals surface area (Å²) in [5.74, 6) is -0.509. The Labute approximate surface area is 95.4 Å². The summed E-state index contributed by atoms with van der Waals surface area (Å²) in [6.45, 7) is 4.29. The molecule has 0 saturated heterocycles. The SMILES string of the molecule is CCCOC(=O)CC(C)c1cccc(F)c1. The predicted octanol–water partition coefficient (Wildman–Crippen LogP) is 3.27. The standard InChI is InChI=1S/C13H17FO2/c1-3-7-16-13(15)8-10(2)11-5-4-6-12(14)9-11/h4-6,9-10H,3,7-8H2,1-2H3. The predicted molar refractivity (Wildman–Crippen MR) is 60.7 cm³/mol. The van der Waals surface area contributed by atoms with E-state index >= 15 is 0 Å². The van der Waals surface area contributed by atoms with Gasteiger partial charge in [0, 0.05) is 0 Å². The summed E-state index contributed by atoms with van der Waals surface area (Å²) in [4.78, 5) is 11.4. The number of carbonyl (C=O) groups is 1. The minimum atomic E-state index is -0.272. The van der Waals surface area contributed by atoms with Crippen molar-refractivity contribution in [3.63, 3.8) is 0 Å². The summed E-state index contributed by atoms with van der Waals surface area (Å²) < 4.78 is 17.9. The van der Waals surface area contributed by atoms with E-state index in [9.17, 15) is 9.18 Å². The van der Waals surface area contributed by atoms with Crippen LogP contribution in [0.3, 0.4) is 0 Å². The van der Waals surface area contributed by atoms with Crippen molar-refractivity contribution in [1.29, 1.82) is 0 Å². The normalized spacial score (nSPS) is 12.2. The molecule has 16 heavy (non-hydrogen) atoms. The van der Waals surface area contributed by atoms with Crippen LogP contribution in [0, 0.1) is 5.82 Å². The molecule has 0 fully saturated rings. The lowest BCUT2D eigenvalue weighted by molar-refractivity contribution is -0.144. The lowest BCUT2D eigenvalue weighted by Gasteiger charge is -2.11. The fraction of sp³-hybridized carbons (Fsp3) is 0.462. The third-order valence-electron chi connectivity index (χ3n) is 2.36. The van der Waals surface area contributed by atoms with Gasteiger partial charge >= 0.3 is 5.97 Å². The second-order valence-electron chi connectivity index (χ2n) is 3.88. The highest BCUT2D eigenvalue weighted by atomic mass is 19.1. The van der Waals surface area contributed by atoms with E-state index in [1.54, 1.807) is 6.07 Å². The van der Waals surface area contributed by atoms with Crippen molar-refractivity contribution in [2.75, 3.05) is 6.61 Å². The molecule has 88 valence electrons. The molecule has 0 spiro atoms. The van der Waals surface area contributed by atoms with Crippen LogP contribution >= 0.6 is 0 Å². The first-order valence-corrected chi connectivity index (χ1v) is 5.54. The van der Waals surface area contributed by atoms with Gasteiger partial charge < -0.3 is 4.74 Å². The van der Waals surface area contributed by atoms with Crippen LogP contribution in [0.5, 0.6) is 0 Å². The molecule has 0 aliphatic heterocycles. The second kappa shape index (κ2) is 6.26. The summed E-state index contributed by atoms with van der Waals surface area (Å²) in [6, 6.07) is 6.32. The van der Waals surface area contributed by atoms with Gasteiger partial charge in [-0.15, -0.1) is 0 Å². The lowest BCUT2D eigenvalue weighted by atomic mass is 9.98. The summed E-state index contributed by atoms with van der Waals surface area (Å²) in [6.07, 6.45) is 1.11. The fourth-order valence-corrected chi connectivity index (χ4v) is 1.46. The average Bonchev–Trinajstić information content (AvgIpc) is 2.26. The quantitative estimate of drug-likeness (QED) is 0.717. The molecule has 0 bridgehead atoms. The highest BCUT2D eigenvalue weighted by Gasteiger charge is 2.12. The first-order valence-electron chi connectivity index (χ1n) is 5.54. The Hall–Kier alpha value is -1.38. The van der Waals surface area contributed by atoms with Gasteiger partial charge in [0.05, 0.1) is 13.0 Å². The van der Waals surface area contributed by atoms with Crippen molar-refractivity contribution in [1.82, 2.24) is 0 Å².